The van der Waals surface area contributed by atoms with Crippen molar-refractivity contribution in [2.75, 3.05) is 18.0 Å². The molecule has 2 aliphatic rings. The fourth-order valence-corrected chi connectivity index (χ4v) is 6.87. The van der Waals surface area contributed by atoms with Crippen LogP contribution in [-0.2, 0) is 10.8 Å². The maximum absolute atomic E-state index is 2.58. The largest absolute Gasteiger partial charge is 0.344 e. The number of para-hydroxylation sites is 2. The Labute approximate surface area is 251 Å². The van der Waals surface area contributed by atoms with Crippen LogP contribution in [0.25, 0.3) is 0 Å². The third-order valence-corrected chi connectivity index (χ3v) is 9.30. The number of rotatable bonds is 15. The van der Waals surface area contributed by atoms with Gasteiger partial charge in [0.05, 0.1) is 5.41 Å². The second-order valence-electron chi connectivity index (χ2n) is 13.1. The van der Waals surface area contributed by atoms with Crippen LogP contribution in [-0.4, -0.2) is 23.4 Å². The average molecular weight is 552 g/mol. The molecular formula is C39H55N2+. The van der Waals surface area contributed by atoms with Gasteiger partial charge in [-0.15, -0.1) is 0 Å². The van der Waals surface area contributed by atoms with E-state index in [2.05, 4.69) is 130 Å². The molecule has 2 aromatic carbocycles. The Balaban J connectivity index is 1.54. The zero-order valence-corrected chi connectivity index (χ0v) is 26.9. The molecule has 0 N–H and O–H groups in total. The summed E-state index contributed by atoms with van der Waals surface area (Å²) in [5.74, 6) is 0. The Morgan fingerprint density at radius 1 is 0.659 bits per heavy atom. The summed E-state index contributed by atoms with van der Waals surface area (Å²) < 4.78 is 2.58. The molecule has 0 atom stereocenters. The first-order valence-corrected chi connectivity index (χ1v) is 16.5. The van der Waals surface area contributed by atoms with Crippen LogP contribution in [0.5, 0.6) is 0 Å². The van der Waals surface area contributed by atoms with Gasteiger partial charge in [0.1, 0.15) is 6.54 Å². The molecular weight excluding hydrogens is 496 g/mol. The number of benzene rings is 2. The second-order valence-corrected chi connectivity index (χ2v) is 13.1. The van der Waals surface area contributed by atoms with Gasteiger partial charge in [-0.25, -0.2) is 0 Å². The maximum atomic E-state index is 2.58. The summed E-state index contributed by atoms with van der Waals surface area (Å²) in [6.07, 6.45) is 24.5. The Hall–Kier alpha value is -2.87. The van der Waals surface area contributed by atoms with E-state index in [1.807, 2.05) is 0 Å². The first kappa shape index (κ1) is 31.1. The molecule has 2 heterocycles. The fourth-order valence-electron chi connectivity index (χ4n) is 6.87. The van der Waals surface area contributed by atoms with Crippen molar-refractivity contribution in [2.45, 2.75) is 117 Å². The lowest BCUT2D eigenvalue weighted by atomic mass is 9.81. The molecule has 0 saturated heterocycles. The summed E-state index contributed by atoms with van der Waals surface area (Å²) in [6, 6.07) is 18.0. The predicted molar refractivity (Wildman–Crippen MR) is 180 cm³/mol. The monoisotopic (exact) mass is 551 g/mol. The molecule has 2 aromatic rings. The van der Waals surface area contributed by atoms with Gasteiger partial charge in [0.25, 0.3) is 0 Å². The Kier molecular flexibility index (Phi) is 10.9. The number of unbranched alkanes of at least 4 members (excludes halogenated alkanes) is 8. The van der Waals surface area contributed by atoms with Crippen LogP contribution in [0.4, 0.5) is 11.4 Å². The molecule has 4 rings (SSSR count). The van der Waals surface area contributed by atoms with Crippen molar-refractivity contribution >= 4 is 17.1 Å². The van der Waals surface area contributed by atoms with Gasteiger partial charge in [0.2, 0.25) is 5.69 Å². The smallest absolute Gasteiger partial charge is 0.209 e. The van der Waals surface area contributed by atoms with E-state index >= 15 is 0 Å². The molecule has 2 aliphatic heterocycles. The van der Waals surface area contributed by atoms with Gasteiger partial charge >= 0.3 is 0 Å². The van der Waals surface area contributed by atoms with Gasteiger partial charge < -0.3 is 4.90 Å². The maximum Gasteiger partial charge on any atom is 0.209 e. The molecule has 0 spiro atoms. The van der Waals surface area contributed by atoms with E-state index in [-0.39, 0.29) is 10.8 Å². The molecule has 0 amide bonds. The standard InChI is InChI=1S/C39H55N2/c1-7-9-11-13-22-30-40-34-26-20-18-24-32(34)38(3,4)36(40)28-16-15-17-29-37-39(5,6)33-25-19-21-27-35(33)41(37)31-23-14-12-10-8-2/h15-21,24-29H,7-14,22-23,30-31H2,1-6H3/q+1. The highest BCUT2D eigenvalue weighted by Crippen LogP contribution is 2.47. The highest BCUT2D eigenvalue weighted by Gasteiger charge is 2.43. The zero-order valence-electron chi connectivity index (χ0n) is 26.9. The molecule has 41 heavy (non-hydrogen) atoms. The summed E-state index contributed by atoms with van der Waals surface area (Å²) in [4.78, 5) is 2.58. The van der Waals surface area contributed by atoms with Crippen LogP contribution in [0.2, 0.25) is 0 Å². The fraction of sp³-hybridized carbons (Fsp3) is 0.513. The highest BCUT2D eigenvalue weighted by molar-refractivity contribution is 6.03. The van der Waals surface area contributed by atoms with E-state index in [4.69, 9.17) is 0 Å². The lowest BCUT2D eigenvalue weighted by molar-refractivity contribution is -0.438. The van der Waals surface area contributed by atoms with Gasteiger partial charge in [-0.2, -0.15) is 4.58 Å². The summed E-state index contributed by atoms with van der Waals surface area (Å²) in [5.41, 5.74) is 8.50. The number of anilines is 1. The lowest BCUT2D eigenvalue weighted by Gasteiger charge is -2.27. The molecule has 220 valence electrons. The topological polar surface area (TPSA) is 6.25 Å². The van der Waals surface area contributed by atoms with Crippen molar-refractivity contribution in [3.05, 3.63) is 95.7 Å². The van der Waals surface area contributed by atoms with E-state index in [9.17, 15) is 0 Å². The quantitative estimate of drug-likeness (QED) is 0.121. The van der Waals surface area contributed by atoms with Crippen molar-refractivity contribution in [1.29, 1.82) is 0 Å². The Morgan fingerprint density at radius 3 is 2.02 bits per heavy atom. The van der Waals surface area contributed by atoms with E-state index in [0.717, 1.165) is 13.1 Å². The Bertz CT molecular complexity index is 1270. The van der Waals surface area contributed by atoms with Crippen molar-refractivity contribution in [1.82, 2.24) is 0 Å². The molecule has 0 aromatic heterocycles. The molecule has 0 saturated carbocycles. The van der Waals surface area contributed by atoms with Gasteiger partial charge in [-0.05, 0) is 44.4 Å². The minimum absolute atomic E-state index is 0.00643. The van der Waals surface area contributed by atoms with Gasteiger partial charge in [-0.1, -0.05) is 127 Å². The van der Waals surface area contributed by atoms with Crippen LogP contribution in [0.15, 0.2) is 84.6 Å². The van der Waals surface area contributed by atoms with Crippen LogP contribution >= 0.6 is 0 Å². The minimum atomic E-state index is 0.00643. The van der Waals surface area contributed by atoms with E-state index in [1.165, 1.54) is 98.1 Å². The normalized spacial score (nSPS) is 18.3. The van der Waals surface area contributed by atoms with Crippen LogP contribution in [0.1, 0.15) is 117 Å². The molecule has 0 radical (unpaired) electrons. The van der Waals surface area contributed by atoms with Gasteiger partial charge in [0, 0.05) is 47.5 Å². The SMILES string of the molecule is CCCCCCCN1/C(=C/C=C/C=C/C2=[N+](CCCCCCC)c3ccccc3C2(C)C)C(C)(C)c2ccccc21. The van der Waals surface area contributed by atoms with Crippen LogP contribution in [0, 0.1) is 0 Å². The van der Waals surface area contributed by atoms with E-state index in [1.54, 1.807) is 0 Å². The number of allylic oxidation sites excluding steroid dienone is 6. The van der Waals surface area contributed by atoms with Gasteiger partial charge in [0.15, 0.2) is 5.71 Å². The van der Waals surface area contributed by atoms with Crippen molar-refractivity contribution in [3.63, 3.8) is 0 Å². The minimum Gasteiger partial charge on any atom is -0.344 e. The van der Waals surface area contributed by atoms with Crippen molar-refractivity contribution in [3.8, 4) is 0 Å². The molecule has 0 unspecified atom stereocenters. The predicted octanol–water partition coefficient (Wildman–Crippen LogP) is 10.8. The summed E-state index contributed by atoms with van der Waals surface area (Å²) in [7, 11) is 0. The number of fused-ring (bicyclic) bond motifs is 2. The molecule has 0 bridgehead atoms. The number of hydrogen-bond acceptors (Lipinski definition) is 1. The number of nitrogens with zero attached hydrogens (tertiary/aromatic N) is 2. The van der Waals surface area contributed by atoms with Crippen LogP contribution < -0.4 is 4.90 Å². The third kappa shape index (κ3) is 6.96. The van der Waals surface area contributed by atoms with Crippen molar-refractivity contribution < 1.29 is 4.58 Å². The first-order chi connectivity index (χ1) is 19.8. The summed E-state index contributed by atoms with van der Waals surface area (Å²) >= 11 is 0. The molecule has 0 fully saturated rings. The number of hydrogen-bond donors (Lipinski definition) is 0. The summed E-state index contributed by atoms with van der Waals surface area (Å²) in [6.45, 7) is 16.3. The first-order valence-electron chi connectivity index (χ1n) is 16.5. The molecule has 0 aliphatic carbocycles. The third-order valence-electron chi connectivity index (χ3n) is 9.30. The Morgan fingerprint density at radius 2 is 1.29 bits per heavy atom. The zero-order chi connectivity index (χ0) is 29.3. The average Bonchev–Trinajstić information content (AvgIpc) is 3.31. The summed E-state index contributed by atoms with van der Waals surface area (Å²) in [5, 5.41) is 0. The van der Waals surface area contributed by atoms with E-state index in [0.29, 0.717) is 0 Å². The van der Waals surface area contributed by atoms with E-state index < -0.39 is 0 Å². The van der Waals surface area contributed by atoms with Crippen molar-refractivity contribution in [2.24, 2.45) is 0 Å². The lowest BCUT2D eigenvalue weighted by Crippen LogP contribution is -2.27. The second kappa shape index (κ2) is 14.3. The van der Waals surface area contributed by atoms with Crippen LogP contribution in [0.3, 0.4) is 0 Å². The highest BCUT2D eigenvalue weighted by atomic mass is 15.2. The molecule has 2 nitrogen and oxygen atoms in total. The molecule has 2 heteroatoms. The van der Waals surface area contributed by atoms with Gasteiger partial charge in [-0.3, -0.25) is 0 Å².